The average molecular weight is 280 g/mol. The van der Waals surface area contributed by atoms with Crippen LogP contribution in [-0.2, 0) is 4.79 Å². The van der Waals surface area contributed by atoms with E-state index in [9.17, 15) is 4.79 Å². The van der Waals surface area contributed by atoms with Crippen LogP contribution in [-0.4, -0.2) is 37.0 Å². The first-order valence-corrected chi connectivity index (χ1v) is 7.12. The molecule has 5 heteroatoms. The maximum Gasteiger partial charge on any atom is 0.225 e. The van der Waals surface area contributed by atoms with Crippen LogP contribution in [0.4, 0.5) is 11.4 Å². The van der Waals surface area contributed by atoms with Gasteiger partial charge in [-0.15, -0.1) is 0 Å². The van der Waals surface area contributed by atoms with Gasteiger partial charge < -0.3 is 15.5 Å². The minimum Gasteiger partial charge on any atom is -0.397 e. The minimum absolute atomic E-state index is 0.317. The zero-order valence-electron chi connectivity index (χ0n) is 10.8. The monoisotopic (exact) mass is 279 g/mol. The van der Waals surface area contributed by atoms with Crippen LogP contribution in [0.3, 0.4) is 0 Å². The van der Waals surface area contributed by atoms with Crippen LogP contribution in [0.25, 0.3) is 0 Å². The molecule has 0 aromatic heterocycles. The first kappa shape index (κ1) is 12.6. The van der Waals surface area contributed by atoms with Crippen LogP contribution in [0.1, 0.15) is 12.8 Å². The van der Waals surface area contributed by atoms with E-state index in [0.29, 0.717) is 22.5 Å². The Morgan fingerprint density at radius 3 is 2.47 bits per heavy atom. The van der Waals surface area contributed by atoms with E-state index in [2.05, 4.69) is 4.90 Å². The number of amides is 1. The first-order chi connectivity index (χ1) is 9.15. The molecular formula is C14H18ClN3O. The highest BCUT2D eigenvalue weighted by atomic mass is 35.5. The lowest BCUT2D eigenvalue weighted by molar-refractivity contribution is -0.132. The molecule has 1 saturated carbocycles. The smallest absolute Gasteiger partial charge is 0.225 e. The summed E-state index contributed by atoms with van der Waals surface area (Å²) in [6.45, 7) is 3.33. The fourth-order valence-corrected chi connectivity index (χ4v) is 2.62. The molecule has 19 heavy (non-hydrogen) atoms. The molecule has 0 spiro atoms. The maximum atomic E-state index is 12.0. The van der Waals surface area contributed by atoms with Crippen molar-refractivity contribution in [2.24, 2.45) is 5.92 Å². The van der Waals surface area contributed by atoms with Gasteiger partial charge in [0.1, 0.15) is 0 Å². The van der Waals surface area contributed by atoms with Gasteiger partial charge in [-0.05, 0) is 31.0 Å². The molecule has 0 unspecified atom stereocenters. The summed E-state index contributed by atoms with van der Waals surface area (Å²) in [6, 6.07) is 5.71. The molecule has 1 aromatic rings. The normalized spacial score (nSPS) is 19.6. The van der Waals surface area contributed by atoms with Crippen LogP contribution in [0.2, 0.25) is 5.02 Å². The first-order valence-electron chi connectivity index (χ1n) is 6.74. The number of nitrogens with two attached hydrogens (primary N) is 1. The second-order valence-electron chi connectivity index (χ2n) is 5.29. The Morgan fingerprint density at radius 1 is 1.21 bits per heavy atom. The number of carbonyl (C=O) groups is 1. The van der Waals surface area contributed by atoms with E-state index in [0.717, 1.165) is 44.7 Å². The zero-order valence-corrected chi connectivity index (χ0v) is 11.6. The van der Waals surface area contributed by atoms with Gasteiger partial charge in [-0.3, -0.25) is 4.79 Å². The van der Waals surface area contributed by atoms with E-state index in [1.165, 1.54) is 0 Å². The Balaban J connectivity index is 1.62. The lowest BCUT2D eigenvalue weighted by Gasteiger charge is -2.36. The fraction of sp³-hybridized carbons (Fsp3) is 0.500. The molecule has 1 aliphatic carbocycles. The number of anilines is 2. The number of hydrogen-bond acceptors (Lipinski definition) is 3. The summed E-state index contributed by atoms with van der Waals surface area (Å²) in [5.74, 6) is 0.660. The Labute approximate surface area is 118 Å². The molecule has 3 rings (SSSR count). The summed E-state index contributed by atoms with van der Waals surface area (Å²) >= 11 is 5.93. The Hall–Kier alpha value is -1.42. The molecule has 2 fully saturated rings. The van der Waals surface area contributed by atoms with Gasteiger partial charge in [-0.25, -0.2) is 0 Å². The van der Waals surface area contributed by atoms with E-state index in [4.69, 9.17) is 17.3 Å². The van der Waals surface area contributed by atoms with Gasteiger partial charge in [-0.1, -0.05) is 11.6 Å². The van der Waals surface area contributed by atoms with Crippen molar-refractivity contribution in [3.05, 3.63) is 23.2 Å². The Kier molecular flexibility index (Phi) is 3.27. The third-order valence-electron chi connectivity index (χ3n) is 3.86. The molecule has 4 nitrogen and oxygen atoms in total. The average Bonchev–Trinajstić information content (AvgIpc) is 3.26. The molecule has 2 aliphatic rings. The minimum atomic E-state index is 0.317. The number of benzene rings is 1. The van der Waals surface area contributed by atoms with Crippen molar-refractivity contribution < 1.29 is 4.79 Å². The summed E-state index contributed by atoms with van der Waals surface area (Å²) in [5, 5.41) is 0.589. The van der Waals surface area contributed by atoms with E-state index in [1.54, 1.807) is 0 Å². The van der Waals surface area contributed by atoms with Gasteiger partial charge in [0.25, 0.3) is 0 Å². The van der Waals surface area contributed by atoms with Crippen molar-refractivity contribution in [1.82, 2.24) is 4.90 Å². The molecule has 0 radical (unpaired) electrons. The standard InChI is InChI=1S/C14H18ClN3O/c15-12-4-3-11(9-13(12)16)17-5-7-18(8-6-17)14(19)10-1-2-10/h3-4,9-10H,1-2,5-8,16H2. The molecule has 102 valence electrons. The van der Waals surface area contributed by atoms with E-state index < -0.39 is 0 Å². The second kappa shape index (κ2) is 4.93. The van der Waals surface area contributed by atoms with Gasteiger partial charge in [0, 0.05) is 37.8 Å². The van der Waals surface area contributed by atoms with Crippen molar-refractivity contribution in [3.63, 3.8) is 0 Å². The molecule has 2 N–H and O–H groups in total. The molecule has 1 saturated heterocycles. The van der Waals surface area contributed by atoms with Crippen LogP contribution in [0.15, 0.2) is 18.2 Å². The summed E-state index contributed by atoms with van der Waals surface area (Å²) in [5.41, 5.74) is 7.52. The van der Waals surface area contributed by atoms with Crippen LogP contribution in [0, 0.1) is 5.92 Å². The highest BCUT2D eigenvalue weighted by Gasteiger charge is 2.34. The molecule has 1 amide bonds. The maximum absolute atomic E-state index is 12.0. The summed E-state index contributed by atoms with van der Waals surface area (Å²) in [4.78, 5) is 16.2. The summed E-state index contributed by atoms with van der Waals surface area (Å²) < 4.78 is 0. The highest BCUT2D eigenvalue weighted by molar-refractivity contribution is 6.33. The molecule has 1 aromatic carbocycles. The summed E-state index contributed by atoms with van der Waals surface area (Å²) in [7, 11) is 0. The largest absolute Gasteiger partial charge is 0.397 e. The molecule has 0 bridgehead atoms. The van der Waals surface area contributed by atoms with Gasteiger partial charge in [0.15, 0.2) is 0 Å². The Bertz CT molecular complexity index is 493. The molecule has 0 atom stereocenters. The van der Waals surface area contributed by atoms with E-state index >= 15 is 0 Å². The third kappa shape index (κ3) is 2.63. The van der Waals surface area contributed by atoms with Crippen molar-refractivity contribution in [2.75, 3.05) is 36.8 Å². The third-order valence-corrected chi connectivity index (χ3v) is 4.21. The van der Waals surface area contributed by atoms with Crippen molar-refractivity contribution in [1.29, 1.82) is 0 Å². The van der Waals surface area contributed by atoms with Crippen LogP contribution < -0.4 is 10.6 Å². The lowest BCUT2D eigenvalue weighted by atomic mass is 10.2. The number of nitrogen functional groups attached to an aromatic ring is 1. The van der Waals surface area contributed by atoms with Crippen molar-refractivity contribution in [3.8, 4) is 0 Å². The number of nitrogens with zero attached hydrogens (tertiary/aromatic N) is 2. The van der Waals surface area contributed by atoms with Crippen LogP contribution >= 0.6 is 11.6 Å². The van der Waals surface area contributed by atoms with E-state index in [1.807, 2.05) is 23.1 Å². The lowest BCUT2D eigenvalue weighted by Crippen LogP contribution is -2.49. The zero-order chi connectivity index (χ0) is 13.4. The second-order valence-corrected chi connectivity index (χ2v) is 5.70. The van der Waals surface area contributed by atoms with Crippen LogP contribution in [0.5, 0.6) is 0 Å². The number of carbonyl (C=O) groups excluding carboxylic acids is 1. The van der Waals surface area contributed by atoms with E-state index in [-0.39, 0.29) is 0 Å². The number of rotatable bonds is 2. The Morgan fingerprint density at radius 2 is 1.89 bits per heavy atom. The van der Waals surface area contributed by atoms with Gasteiger partial charge in [0.05, 0.1) is 10.7 Å². The molecule has 1 heterocycles. The topological polar surface area (TPSA) is 49.6 Å². The summed E-state index contributed by atoms with van der Waals surface area (Å²) in [6.07, 6.45) is 2.15. The fourth-order valence-electron chi connectivity index (χ4n) is 2.50. The van der Waals surface area contributed by atoms with Gasteiger partial charge in [-0.2, -0.15) is 0 Å². The van der Waals surface area contributed by atoms with Gasteiger partial charge >= 0.3 is 0 Å². The molecular weight excluding hydrogens is 262 g/mol. The van der Waals surface area contributed by atoms with Crippen molar-refractivity contribution >= 4 is 28.9 Å². The number of halogens is 1. The molecule has 1 aliphatic heterocycles. The number of hydrogen-bond donors (Lipinski definition) is 1. The predicted molar refractivity (Wildman–Crippen MR) is 77.4 cm³/mol. The SMILES string of the molecule is Nc1cc(N2CCN(C(=O)C3CC3)CC2)ccc1Cl. The van der Waals surface area contributed by atoms with Gasteiger partial charge in [0.2, 0.25) is 5.91 Å². The predicted octanol–water partition coefficient (Wildman–Crippen LogP) is 1.98. The highest BCUT2D eigenvalue weighted by Crippen LogP contribution is 2.32. The quantitative estimate of drug-likeness (QED) is 0.842. The van der Waals surface area contributed by atoms with Crippen molar-refractivity contribution in [2.45, 2.75) is 12.8 Å². The number of piperazine rings is 1.